The van der Waals surface area contributed by atoms with Gasteiger partial charge in [-0.25, -0.2) is 9.79 Å². The van der Waals surface area contributed by atoms with E-state index in [1.165, 1.54) is 11.3 Å². The number of carbonyl (C=O) groups excluding carboxylic acids is 1. The number of halogens is 3. The molecule has 0 spiro atoms. The van der Waals surface area contributed by atoms with Crippen LogP contribution in [0.25, 0.3) is 11.8 Å². The van der Waals surface area contributed by atoms with Crippen molar-refractivity contribution in [3.8, 4) is 18.1 Å². The molecule has 6 nitrogen and oxygen atoms in total. The van der Waals surface area contributed by atoms with Crippen LogP contribution in [0.3, 0.4) is 0 Å². The minimum Gasteiger partial charge on any atom is -0.479 e. The van der Waals surface area contributed by atoms with Crippen LogP contribution in [0, 0.1) is 19.5 Å². The Balaban J connectivity index is 1.76. The maximum atomic E-state index is 14.0. The smallest absolute Gasteiger partial charge is 0.338 e. The number of hydrogen-bond donors (Lipinski definition) is 0. The Labute approximate surface area is 272 Å². The molecule has 1 atom stereocenters. The molecular formula is C31H21ClI2N2O4S. The molecule has 1 aliphatic rings. The highest BCUT2D eigenvalue weighted by molar-refractivity contribution is 14.1. The second-order valence-corrected chi connectivity index (χ2v) is 12.6. The predicted molar refractivity (Wildman–Crippen MR) is 179 cm³/mol. The van der Waals surface area contributed by atoms with Gasteiger partial charge in [0.25, 0.3) is 5.56 Å². The van der Waals surface area contributed by atoms with Gasteiger partial charge in [0.1, 0.15) is 12.4 Å². The van der Waals surface area contributed by atoms with Gasteiger partial charge in [-0.15, -0.1) is 6.42 Å². The van der Waals surface area contributed by atoms with Crippen LogP contribution in [0.5, 0.6) is 5.75 Å². The predicted octanol–water partition coefficient (Wildman–Crippen LogP) is 5.81. The van der Waals surface area contributed by atoms with Crippen LogP contribution in [0.4, 0.5) is 0 Å². The van der Waals surface area contributed by atoms with E-state index in [1.54, 1.807) is 23.6 Å². The van der Waals surface area contributed by atoms with E-state index in [2.05, 4.69) is 51.1 Å². The molecule has 1 aliphatic heterocycles. The van der Waals surface area contributed by atoms with Crippen molar-refractivity contribution in [2.45, 2.75) is 13.0 Å². The van der Waals surface area contributed by atoms with Crippen molar-refractivity contribution in [3.05, 3.63) is 121 Å². The highest BCUT2D eigenvalue weighted by Gasteiger charge is 2.35. The number of esters is 1. The lowest BCUT2D eigenvalue weighted by Gasteiger charge is -2.25. The molecule has 0 N–H and O–H groups in total. The van der Waals surface area contributed by atoms with Crippen LogP contribution in [-0.4, -0.2) is 23.8 Å². The first-order valence-electron chi connectivity index (χ1n) is 12.4. The molecule has 0 saturated heterocycles. The number of terminal acetylenes is 1. The lowest BCUT2D eigenvalue weighted by atomic mass is 9.93. The van der Waals surface area contributed by atoms with Crippen molar-refractivity contribution in [2.75, 3.05) is 13.2 Å². The van der Waals surface area contributed by atoms with Crippen molar-refractivity contribution in [2.24, 2.45) is 4.99 Å². The quantitative estimate of drug-likeness (QED) is 0.135. The first-order valence-corrected chi connectivity index (χ1v) is 15.8. The van der Waals surface area contributed by atoms with E-state index >= 15 is 0 Å². The molecule has 2 heterocycles. The van der Waals surface area contributed by atoms with E-state index in [-0.39, 0.29) is 18.8 Å². The van der Waals surface area contributed by atoms with Crippen LogP contribution in [0.15, 0.2) is 82.1 Å². The lowest BCUT2D eigenvalue weighted by Crippen LogP contribution is -2.40. The minimum absolute atomic E-state index is 0.168. The number of carbonyl (C=O) groups is 1. The van der Waals surface area contributed by atoms with Crippen LogP contribution >= 0.6 is 68.1 Å². The van der Waals surface area contributed by atoms with Crippen molar-refractivity contribution in [1.29, 1.82) is 0 Å². The highest BCUT2D eigenvalue weighted by atomic mass is 127. The second-order valence-electron chi connectivity index (χ2n) is 8.79. The summed E-state index contributed by atoms with van der Waals surface area (Å²) in [7, 11) is 0. The molecule has 0 unspecified atom stereocenters. The monoisotopic (exact) mass is 806 g/mol. The summed E-state index contributed by atoms with van der Waals surface area (Å²) in [6.07, 6.45) is 7.18. The summed E-state index contributed by atoms with van der Waals surface area (Å²) in [5.74, 6) is 2.66. The van der Waals surface area contributed by atoms with Gasteiger partial charge in [0.05, 0.1) is 35.6 Å². The Morgan fingerprint density at radius 2 is 1.83 bits per heavy atom. The molecule has 10 heteroatoms. The molecule has 0 amide bonds. The first kappa shape index (κ1) is 29.6. The van der Waals surface area contributed by atoms with Gasteiger partial charge in [-0.3, -0.25) is 9.36 Å². The number of nitrogens with zero attached hydrogens (tertiary/aromatic N) is 2. The number of hydrogen-bond acceptors (Lipinski definition) is 6. The van der Waals surface area contributed by atoms with Gasteiger partial charge in [0, 0.05) is 10.6 Å². The van der Waals surface area contributed by atoms with Gasteiger partial charge >= 0.3 is 5.97 Å². The Morgan fingerprint density at radius 1 is 1.15 bits per heavy atom. The van der Waals surface area contributed by atoms with Crippen LogP contribution in [0.2, 0.25) is 5.02 Å². The molecule has 1 aromatic heterocycles. The van der Waals surface area contributed by atoms with E-state index in [1.807, 2.05) is 60.7 Å². The van der Waals surface area contributed by atoms with Crippen molar-refractivity contribution in [3.63, 3.8) is 0 Å². The van der Waals surface area contributed by atoms with Crippen LogP contribution in [-0.2, 0) is 9.53 Å². The van der Waals surface area contributed by atoms with Gasteiger partial charge in [-0.05, 0) is 93.6 Å². The molecular weight excluding hydrogens is 786 g/mol. The molecule has 3 aromatic carbocycles. The van der Waals surface area contributed by atoms with Crippen molar-refractivity contribution in [1.82, 2.24) is 4.57 Å². The van der Waals surface area contributed by atoms with Crippen molar-refractivity contribution >= 4 is 85.9 Å². The zero-order valence-electron chi connectivity index (χ0n) is 21.6. The lowest BCUT2D eigenvalue weighted by molar-refractivity contribution is -0.138. The van der Waals surface area contributed by atoms with Gasteiger partial charge in [0.2, 0.25) is 0 Å². The summed E-state index contributed by atoms with van der Waals surface area (Å²) in [6, 6.07) is 19.7. The summed E-state index contributed by atoms with van der Waals surface area (Å²) in [5, 5.41) is 0.546. The Bertz CT molecular complexity index is 1870. The number of thiazole rings is 1. The fraction of sp³-hybridized carbons (Fsp3) is 0.129. The summed E-state index contributed by atoms with van der Waals surface area (Å²) in [4.78, 5) is 32.9. The Kier molecular flexibility index (Phi) is 9.33. The summed E-state index contributed by atoms with van der Waals surface area (Å²) in [6.45, 7) is 2.10. The van der Waals surface area contributed by atoms with Crippen LogP contribution in [0.1, 0.15) is 29.7 Å². The Hall–Kier alpha value is -2.92. The molecule has 0 saturated carbocycles. The van der Waals surface area contributed by atoms with E-state index in [9.17, 15) is 9.59 Å². The zero-order chi connectivity index (χ0) is 29.1. The topological polar surface area (TPSA) is 69.9 Å². The summed E-state index contributed by atoms with van der Waals surface area (Å²) < 4.78 is 15.0. The Morgan fingerprint density at radius 3 is 2.46 bits per heavy atom. The van der Waals surface area contributed by atoms with Gasteiger partial charge in [0.15, 0.2) is 4.80 Å². The maximum absolute atomic E-state index is 14.0. The number of aromatic nitrogens is 1. The average molecular weight is 807 g/mol. The third-order valence-corrected chi connectivity index (χ3v) is 9.02. The SMILES string of the molecule is C#CCOc1c(I)cc(/C=c2\sc3n(c2=O)[C@@H](c2ccc(Cl)cc2)C(C(=O)OCC)=C(c2ccccc2)N=3)cc1I. The highest BCUT2D eigenvalue weighted by Crippen LogP contribution is 2.35. The second kappa shape index (κ2) is 12.9. The largest absolute Gasteiger partial charge is 0.479 e. The van der Waals surface area contributed by atoms with Crippen LogP contribution < -0.4 is 19.6 Å². The number of benzene rings is 3. The molecule has 0 bridgehead atoms. The van der Waals surface area contributed by atoms with Gasteiger partial charge in [-0.1, -0.05) is 71.3 Å². The van der Waals surface area contributed by atoms with E-state index < -0.39 is 12.0 Å². The van der Waals surface area contributed by atoms with Gasteiger partial charge < -0.3 is 9.47 Å². The zero-order valence-corrected chi connectivity index (χ0v) is 27.5. The molecule has 206 valence electrons. The molecule has 0 aliphatic carbocycles. The number of rotatable bonds is 7. The fourth-order valence-corrected chi connectivity index (χ4v) is 7.72. The average Bonchev–Trinajstić information content (AvgIpc) is 3.27. The normalized spacial score (nSPS) is 14.7. The van der Waals surface area contributed by atoms with E-state index in [0.717, 1.165) is 18.3 Å². The van der Waals surface area contributed by atoms with Crippen molar-refractivity contribution < 1.29 is 14.3 Å². The van der Waals surface area contributed by atoms with E-state index in [4.69, 9.17) is 32.5 Å². The fourth-order valence-electron chi connectivity index (χ4n) is 4.47. The number of fused-ring (bicyclic) bond motifs is 1. The summed E-state index contributed by atoms with van der Waals surface area (Å²) in [5.41, 5.74) is 2.79. The third kappa shape index (κ3) is 6.16. The molecule has 5 rings (SSSR count). The summed E-state index contributed by atoms with van der Waals surface area (Å²) >= 11 is 11.9. The molecule has 41 heavy (non-hydrogen) atoms. The minimum atomic E-state index is -0.764. The first-order chi connectivity index (χ1) is 19.8. The molecule has 0 fully saturated rings. The standard InChI is InChI=1S/C31H21ClI2N2O4S/c1-3-14-40-28-22(33)15-18(16-23(28)34)17-24-29(37)36-27(20-10-12-21(32)13-11-20)25(30(38)39-4-2)26(35-31(36)41-24)19-8-6-5-7-9-19/h1,5-13,15-17,27H,4,14H2,2H3/b24-17-/t27-/m0/s1. The maximum Gasteiger partial charge on any atom is 0.338 e. The third-order valence-electron chi connectivity index (χ3n) is 6.18. The molecule has 4 aromatic rings. The van der Waals surface area contributed by atoms with Gasteiger partial charge in [-0.2, -0.15) is 0 Å². The van der Waals surface area contributed by atoms with E-state index in [0.29, 0.717) is 36.9 Å². The molecule has 0 radical (unpaired) electrons. The number of ether oxygens (including phenoxy) is 2.